The van der Waals surface area contributed by atoms with Crippen LogP contribution in [0.2, 0.25) is 0 Å². The van der Waals surface area contributed by atoms with Crippen LogP contribution in [0.4, 0.5) is 5.69 Å². The van der Waals surface area contributed by atoms with E-state index in [0.717, 1.165) is 17.0 Å². The summed E-state index contributed by atoms with van der Waals surface area (Å²) in [5.74, 6) is 0.797. The number of aryl methyl sites for hydroxylation is 1. The lowest BCUT2D eigenvalue weighted by atomic mass is 10.2. The van der Waals surface area contributed by atoms with Gasteiger partial charge in [-0.1, -0.05) is 0 Å². The van der Waals surface area contributed by atoms with Crippen molar-refractivity contribution in [1.29, 1.82) is 0 Å². The van der Waals surface area contributed by atoms with E-state index in [0.29, 0.717) is 13.2 Å². The van der Waals surface area contributed by atoms with Crippen LogP contribution in [-0.4, -0.2) is 25.3 Å². The van der Waals surface area contributed by atoms with Crippen molar-refractivity contribution < 1.29 is 9.47 Å². The lowest BCUT2D eigenvalue weighted by Gasteiger charge is -2.16. The quantitative estimate of drug-likeness (QED) is 0.462. The average molecular weight is 255 g/mol. The molecule has 0 radical (unpaired) electrons. The predicted octanol–water partition coefficient (Wildman–Crippen LogP) is 3.07. The molecule has 0 saturated heterocycles. The summed E-state index contributed by atoms with van der Waals surface area (Å²) in [4.78, 5) is 1.20. The van der Waals surface area contributed by atoms with E-state index in [1.807, 2.05) is 32.9 Å². The highest BCUT2D eigenvalue weighted by Crippen LogP contribution is 2.23. The van der Waals surface area contributed by atoms with Gasteiger partial charge in [-0.2, -0.15) is 0 Å². The Bertz CT molecular complexity index is 338. The monoisotopic (exact) mass is 255 g/mol. The Morgan fingerprint density at radius 3 is 2.41 bits per heavy atom. The number of rotatable bonds is 7. The number of hydrogen-bond acceptors (Lipinski definition) is 4. The molecule has 4 heteroatoms. The number of ether oxygens (including phenoxy) is 2. The fourth-order valence-corrected chi connectivity index (χ4v) is 2.36. The zero-order valence-electron chi connectivity index (χ0n) is 10.7. The van der Waals surface area contributed by atoms with Crippen LogP contribution in [0.15, 0.2) is 23.1 Å². The summed E-state index contributed by atoms with van der Waals surface area (Å²) in [5.41, 5.74) is 7.73. The second-order valence-electron chi connectivity index (χ2n) is 3.67. The van der Waals surface area contributed by atoms with Gasteiger partial charge in [-0.15, -0.1) is 11.8 Å². The first-order valence-corrected chi connectivity index (χ1v) is 6.88. The number of benzene rings is 1. The molecule has 17 heavy (non-hydrogen) atoms. The fraction of sp³-hybridized carbons (Fsp3) is 0.538. The molecule has 0 spiro atoms. The Morgan fingerprint density at radius 2 is 1.88 bits per heavy atom. The minimum atomic E-state index is -0.132. The number of nitrogen functional groups attached to an aromatic ring is 1. The normalized spacial score (nSPS) is 11.1. The van der Waals surface area contributed by atoms with Crippen molar-refractivity contribution >= 4 is 17.4 Å². The zero-order valence-corrected chi connectivity index (χ0v) is 11.5. The molecule has 0 saturated carbocycles. The van der Waals surface area contributed by atoms with Gasteiger partial charge in [0.25, 0.3) is 0 Å². The molecule has 0 amide bonds. The summed E-state index contributed by atoms with van der Waals surface area (Å²) in [6.07, 6.45) is -0.132. The van der Waals surface area contributed by atoms with Crippen LogP contribution in [0.1, 0.15) is 19.4 Å². The lowest BCUT2D eigenvalue weighted by molar-refractivity contribution is -0.120. The average Bonchev–Trinajstić information content (AvgIpc) is 2.31. The molecule has 0 unspecified atom stereocenters. The van der Waals surface area contributed by atoms with Crippen molar-refractivity contribution in [2.75, 3.05) is 24.7 Å². The molecule has 0 fully saturated rings. The minimum Gasteiger partial charge on any atom is -0.399 e. The Balaban J connectivity index is 2.49. The SMILES string of the molecule is CCOC(CSc1ccc(N)c(C)c1)OCC. The predicted molar refractivity (Wildman–Crippen MR) is 73.4 cm³/mol. The van der Waals surface area contributed by atoms with Gasteiger partial charge in [0.05, 0.1) is 0 Å². The summed E-state index contributed by atoms with van der Waals surface area (Å²) >= 11 is 1.73. The van der Waals surface area contributed by atoms with Crippen molar-refractivity contribution in [2.24, 2.45) is 0 Å². The Morgan fingerprint density at radius 1 is 1.24 bits per heavy atom. The molecule has 0 aliphatic heterocycles. The van der Waals surface area contributed by atoms with Gasteiger partial charge in [-0.25, -0.2) is 0 Å². The van der Waals surface area contributed by atoms with E-state index >= 15 is 0 Å². The highest BCUT2D eigenvalue weighted by atomic mass is 32.2. The lowest BCUT2D eigenvalue weighted by Crippen LogP contribution is -2.19. The van der Waals surface area contributed by atoms with E-state index in [2.05, 4.69) is 6.07 Å². The highest BCUT2D eigenvalue weighted by molar-refractivity contribution is 7.99. The van der Waals surface area contributed by atoms with E-state index in [1.54, 1.807) is 11.8 Å². The second kappa shape index (κ2) is 7.58. The van der Waals surface area contributed by atoms with Gasteiger partial charge in [-0.3, -0.25) is 0 Å². The summed E-state index contributed by atoms with van der Waals surface area (Å²) in [7, 11) is 0. The van der Waals surface area contributed by atoms with E-state index < -0.39 is 0 Å². The second-order valence-corrected chi connectivity index (χ2v) is 4.76. The number of hydrogen-bond donors (Lipinski definition) is 1. The van der Waals surface area contributed by atoms with Crippen molar-refractivity contribution in [3.05, 3.63) is 23.8 Å². The van der Waals surface area contributed by atoms with Gasteiger partial charge in [0.1, 0.15) is 0 Å². The van der Waals surface area contributed by atoms with Gasteiger partial charge in [0.15, 0.2) is 6.29 Å². The van der Waals surface area contributed by atoms with Gasteiger partial charge >= 0.3 is 0 Å². The number of anilines is 1. The zero-order chi connectivity index (χ0) is 12.7. The summed E-state index contributed by atoms with van der Waals surface area (Å²) in [6.45, 7) is 7.31. The third-order valence-electron chi connectivity index (χ3n) is 2.33. The van der Waals surface area contributed by atoms with Crippen LogP contribution in [-0.2, 0) is 9.47 Å². The molecule has 2 N–H and O–H groups in total. The van der Waals surface area contributed by atoms with Crippen LogP contribution in [0, 0.1) is 6.92 Å². The van der Waals surface area contributed by atoms with Gasteiger partial charge in [-0.05, 0) is 44.5 Å². The Labute approximate surface area is 108 Å². The third kappa shape index (κ3) is 4.98. The molecule has 96 valence electrons. The van der Waals surface area contributed by atoms with E-state index in [1.165, 1.54) is 4.90 Å². The summed E-state index contributed by atoms with van der Waals surface area (Å²) in [5, 5.41) is 0. The van der Waals surface area contributed by atoms with Crippen LogP contribution in [0.3, 0.4) is 0 Å². The first-order valence-electron chi connectivity index (χ1n) is 5.89. The first kappa shape index (κ1) is 14.4. The van der Waals surface area contributed by atoms with Crippen LogP contribution in [0.25, 0.3) is 0 Å². The number of thioether (sulfide) groups is 1. The molecular formula is C13H21NO2S. The Hall–Kier alpha value is -0.710. The standard InChI is InChI=1S/C13H21NO2S/c1-4-15-13(16-5-2)9-17-11-6-7-12(14)10(3)8-11/h6-8,13H,4-5,9,14H2,1-3H3. The van der Waals surface area contributed by atoms with Crippen molar-refractivity contribution in [1.82, 2.24) is 0 Å². The molecular weight excluding hydrogens is 234 g/mol. The van der Waals surface area contributed by atoms with Crippen LogP contribution >= 0.6 is 11.8 Å². The maximum atomic E-state index is 5.78. The molecule has 0 heterocycles. The van der Waals surface area contributed by atoms with Crippen LogP contribution in [0.5, 0.6) is 0 Å². The largest absolute Gasteiger partial charge is 0.399 e. The maximum Gasteiger partial charge on any atom is 0.166 e. The summed E-state index contributed by atoms with van der Waals surface area (Å²) < 4.78 is 11.0. The van der Waals surface area contributed by atoms with E-state index in [9.17, 15) is 0 Å². The van der Waals surface area contributed by atoms with Crippen molar-refractivity contribution in [3.63, 3.8) is 0 Å². The van der Waals surface area contributed by atoms with E-state index in [4.69, 9.17) is 15.2 Å². The maximum absolute atomic E-state index is 5.78. The van der Waals surface area contributed by atoms with Crippen molar-refractivity contribution in [3.8, 4) is 0 Å². The molecule has 1 aromatic carbocycles. The van der Waals surface area contributed by atoms with Crippen LogP contribution < -0.4 is 5.73 Å². The molecule has 0 aromatic heterocycles. The molecule has 1 rings (SSSR count). The topological polar surface area (TPSA) is 44.5 Å². The molecule has 1 aromatic rings. The molecule has 0 aliphatic rings. The van der Waals surface area contributed by atoms with Gasteiger partial charge in [0.2, 0.25) is 0 Å². The van der Waals surface area contributed by atoms with Crippen molar-refractivity contribution in [2.45, 2.75) is 32.0 Å². The molecule has 0 bridgehead atoms. The number of nitrogens with two attached hydrogens (primary N) is 1. The van der Waals surface area contributed by atoms with Gasteiger partial charge < -0.3 is 15.2 Å². The Kier molecular flexibility index (Phi) is 6.40. The molecule has 0 aliphatic carbocycles. The fourth-order valence-electron chi connectivity index (χ4n) is 1.42. The highest BCUT2D eigenvalue weighted by Gasteiger charge is 2.08. The van der Waals surface area contributed by atoms with Gasteiger partial charge in [0, 0.05) is 29.5 Å². The third-order valence-corrected chi connectivity index (χ3v) is 3.36. The molecule has 3 nitrogen and oxygen atoms in total. The smallest absolute Gasteiger partial charge is 0.166 e. The summed E-state index contributed by atoms with van der Waals surface area (Å²) in [6, 6.07) is 6.06. The minimum absolute atomic E-state index is 0.132. The molecule has 0 atom stereocenters. The first-order chi connectivity index (χ1) is 8.17. The van der Waals surface area contributed by atoms with E-state index in [-0.39, 0.29) is 6.29 Å².